The van der Waals surface area contributed by atoms with Crippen LogP contribution < -0.4 is 9.47 Å². The van der Waals surface area contributed by atoms with Crippen LogP contribution in [0.1, 0.15) is 16.1 Å². The molecule has 0 N–H and O–H groups in total. The SMILES string of the molecule is COCc1cc(OC(=O)c2cccc(OC)c2)n(-c2cccc(Cl)c2)n1. The van der Waals surface area contributed by atoms with Crippen molar-refractivity contribution in [1.29, 1.82) is 0 Å². The zero-order valence-electron chi connectivity index (χ0n) is 14.3. The number of hydrogen-bond acceptors (Lipinski definition) is 5. The van der Waals surface area contributed by atoms with Gasteiger partial charge in [0.15, 0.2) is 0 Å². The van der Waals surface area contributed by atoms with Crippen molar-refractivity contribution in [3.8, 4) is 17.3 Å². The molecule has 3 rings (SSSR count). The fourth-order valence-electron chi connectivity index (χ4n) is 2.40. The van der Waals surface area contributed by atoms with Gasteiger partial charge in [-0.3, -0.25) is 0 Å². The molecule has 0 fully saturated rings. The number of aromatic nitrogens is 2. The lowest BCUT2D eigenvalue weighted by atomic mass is 10.2. The Morgan fingerprint density at radius 2 is 1.92 bits per heavy atom. The first kappa shape index (κ1) is 18.0. The lowest BCUT2D eigenvalue weighted by molar-refractivity contribution is 0.0722. The predicted octanol–water partition coefficient (Wildman–Crippen LogP) is 3.90. The van der Waals surface area contributed by atoms with Crippen LogP contribution in [0, 0.1) is 0 Å². The summed E-state index contributed by atoms with van der Waals surface area (Å²) in [7, 11) is 3.11. The zero-order valence-corrected chi connectivity index (χ0v) is 15.1. The minimum atomic E-state index is -0.518. The second kappa shape index (κ2) is 8.03. The van der Waals surface area contributed by atoms with Gasteiger partial charge in [-0.2, -0.15) is 5.10 Å². The highest BCUT2D eigenvalue weighted by Gasteiger charge is 2.17. The molecule has 3 aromatic rings. The summed E-state index contributed by atoms with van der Waals surface area (Å²) in [6, 6.07) is 15.5. The molecular weight excluding hydrogens is 356 g/mol. The van der Waals surface area contributed by atoms with E-state index in [0.29, 0.717) is 27.7 Å². The predicted molar refractivity (Wildman–Crippen MR) is 97.2 cm³/mol. The first-order chi connectivity index (χ1) is 12.6. The minimum absolute atomic E-state index is 0.270. The Morgan fingerprint density at radius 1 is 1.12 bits per heavy atom. The smallest absolute Gasteiger partial charge is 0.344 e. The van der Waals surface area contributed by atoms with Crippen molar-refractivity contribution in [2.45, 2.75) is 6.61 Å². The number of hydrogen-bond donors (Lipinski definition) is 0. The molecule has 0 aliphatic rings. The molecule has 2 aromatic carbocycles. The molecule has 0 aliphatic carbocycles. The van der Waals surface area contributed by atoms with Crippen LogP contribution in [0.4, 0.5) is 0 Å². The van der Waals surface area contributed by atoms with E-state index >= 15 is 0 Å². The summed E-state index contributed by atoms with van der Waals surface area (Å²) < 4.78 is 17.3. The Kier molecular flexibility index (Phi) is 5.55. The molecule has 0 spiro atoms. The third-order valence-corrected chi connectivity index (χ3v) is 3.81. The molecular formula is C19H17ClN2O4. The fourth-order valence-corrected chi connectivity index (χ4v) is 2.58. The summed E-state index contributed by atoms with van der Waals surface area (Å²) in [5.41, 5.74) is 1.67. The van der Waals surface area contributed by atoms with Crippen LogP contribution in [0.25, 0.3) is 5.69 Å². The van der Waals surface area contributed by atoms with Crippen LogP contribution in [0.15, 0.2) is 54.6 Å². The lowest BCUT2D eigenvalue weighted by Gasteiger charge is -2.09. The quantitative estimate of drug-likeness (QED) is 0.614. The van der Waals surface area contributed by atoms with Gasteiger partial charge in [-0.05, 0) is 36.4 Å². The maximum Gasteiger partial charge on any atom is 0.344 e. The van der Waals surface area contributed by atoms with E-state index in [-0.39, 0.29) is 12.5 Å². The van der Waals surface area contributed by atoms with Crippen LogP contribution in [0.2, 0.25) is 5.02 Å². The second-order valence-corrected chi connectivity index (χ2v) is 5.86. The van der Waals surface area contributed by atoms with E-state index in [1.807, 2.05) is 6.07 Å². The van der Waals surface area contributed by atoms with Crippen molar-refractivity contribution >= 4 is 17.6 Å². The van der Waals surface area contributed by atoms with E-state index in [1.54, 1.807) is 55.6 Å². The molecule has 7 heteroatoms. The van der Waals surface area contributed by atoms with Gasteiger partial charge < -0.3 is 14.2 Å². The highest BCUT2D eigenvalue weighted by Crippen LogP contribution is 2.24. The Bertz CT molecular complexity index is 923. The molecule has 26 heavy (non-hydrogen) atoms. The van der Waals surface area contributed by atoms with Crippen molar-refractivity contribution in [3.05, 3.63) is 70.9 Å². The molecule has 1 heterocycles. The Labute approximate surface area is 155 Å². The third-order valence-electron chi connectivity index (χ3n) is 3.57. The first-order valence-electron chi connectivity index (χ1n) is 7.81. The van der Waals surface area contributed by atoms with Gasteiger partial charge in [0, 0.05) is 18.2 Å². The second-order valence-electron chi connectivity index (χ2n) is 5.42. The first-order valence-corrected chi connectivity index (χ1v) is 8.18. The number of esters is 1. The van der Waals surface area contributed by atoms with Crippen LogP contribution in [0.5, 0.6) is 11.6 Å². The summed E-state index contributed by atoms with van der Waals surface area (Å²) in [6.07, 6.45) is 0. The average Bonchev–Trinajstić information content (AvgIpc) is 3.04. The monoisotopic (exact) mass is 372 g/mol. The standard InChI is InChI=1S/C19H17ClN2O4/c1-24-12-15-11-18(22(21-15)16-7-4-6-14(20)10-16)26-19(23)13-5-3-8-17(9-13)25-2/h3-11H,12H2,1-2H3. The van der Waals surface area contributed by atoms with Crippen molar-refractivity contribution in [2.24, 2.45) is 0 Å². The molecule has 0 aliphatic heterocycles. The van der Waals surface area contributed by atoms with Gasteiger partial charge in [-0.1, -0.05) is 23.7 Å². The number of carbonyl (C=O) groups is 1. The maximum atomic E-state index is 12.5. The number of methoxy groups -OCH3 is 2. The fraction of sp³-hybridized carbons (Fsp3) is 0.158. The lowest BCUT2D eigenvalue weighted by Crippen LogP contribution is -2.11. The van der Waals surface area contributed by atoms with E-state index < -0.39 is 5.97 Å². The summed E-state index contributed by atoms with van der Waals surface area (Å²) >= 11 is 6.06. The Balaban J connectivity index is 1.94. The summed E-state index contributed by atoms with van der Waals surface area (Å²) in [6.45, 7) is 0.289. The molecule has 0 radical (unpaired) electrons. The number of carbonyl (C=O) groups excluding carboxylic acids is 1. The summed E-state index contributed by atoms with van der Waals surface area (Å²) in [5.74, 6) is 0.325. The molecule has 0 saturated carbocycles. The normalized spacial score (nSPS) is 10.6. The largest absolute Gasteiger partial charge is 0.497 e. The molecule has 0 saturated heterocycles. The number of benzene rings is 2. The van der Waals surface area contributed by atoms with Crippen molar-refractivity contribution < 1.29 is 19.0 Å². The number of nitrogens with zero attached hydrogens (tertiary/aromatic N) is 2. The zero-order chi connectivity index (χ0) is 18.5. The van der Waals surface area contributed by atoms with E-state index in [4.69, 9.17) is 25.8 Å². The average molecular weight is 373 g/mol. The van der Waals surface area contributed by atoms with Gasteiger partial charge in [0.05, 0.1) is 30.7 Å². The van der Waals surface area contributed by atoms with Crippen LogP contribution >= 0.6 is 11.6 Å². The molecule has 0 bridgehead atoms. The van der Waals surface area contributed by atoms with E-state index in [9.17, 15) is 4.79 Å². The minimum Gasteiger partial charge on any atom is -0.497 e. The van der Waals surface area contributed by atoms with Crippen molar-refractivity contribution in [3.63, 3.8) is 0 Å². The molecule has 0 amide bonds. The molecule has 0 unspecified atom stereocenters. The molecule has 6 nitrogen and oxygen atoms in total. The van der Waals surface area contributed by atoms with Gasteiger partial charge in [0.2, 0.25) is 5.88 Å². The van der Waals surface area contributed by atoms with Gasteiger partial charge in [-0.15, -0.1) is 0 Å². The topological polar surface area (TPSA) is 62.6 Å². The maximum absolute atomic E-state index is 12.5. The van der Waals surface area contributed by atoms with Gasteiger partial charge in [0.1, 0.15) is 5.75 Å². The number of rotatable bonds is 6. The van der Waals surface area contributed by atoms with Crippen molar-refractivity contribution in [2.75, 3.05) is 14.2 Å². The summed E-state index contributed by atoms with van der Waals surface area (Å²) in [4.78, 5) is 12.5. The molecule has 134 valence electrons. The van der Waals surface area contributed by atoms with Gasteiger partial charge >= 0.3 is 5.97 Å². The molecule has 1 aromatic heterocycles. The molecule has 0 atom stereocenters. The Morgan fingerprint density at radius 3 is 2.65 bits per heavy atom. The number of halogens is 1. The number of ether oxygens (including phenoxy) is 3. The third kappa shape index (κ3) is 4.04. The van der Waals surface area contributed by atoms with Crippen molar-refractivity contribution in [1.82, 2.24) is 9.78 Å². The van der Waals surface area contributed by atoms with Gasteiger partial charge in [0.25, 0.3) is 0 Å². The highest BCUT2D eigenvalue weighted by molar-refractivity contribution is 6.30. The van der Waals surface area contributed by atoms with Crippen LogP contribution in [-0.4, -0.2) is 30.0 Å². The van der Waals surface area contributed by atoms with E-state index in [2.05, 4.69) is 5.10 Å². The van der Waals surface area contributed by atoms with Crippen LogP contribution in [-0.2, 0) is 11.3 Å². The summed E-state index contributed by atoms with van der Waals surface area (Å²) in [5, 5.41) is 4.98. The van der Waals surface area contributed by atoms with Crippen LogP contribution in [0.3, 0.4) is 0 Å². The van der Waals surface area contributed by atoms with E-state index in [1.165, 1.54) is 11.8 Å². The Hall–Kier alpha value is -2.83. The highest BCUT2D eigenvalue weighted by atomic mass is 35.5. The van der Waals surface area contributed by atoms with Gasteiger partial charge in [-0.25, -0.2) is 9.48 Å². The van der Waals surface area contributed by atoms with E-state index in [0.717, 1.165) is 0 Å².